The number of rotatable bonds is 10. The SMILES string of the molecule is CCCN(Cc1ccc(Oc2ccccc2)cc1)C(=O)OC(=O)C1CCC1NC(=O)OCc1ccccc1. The van der Waals surface area contributed by atoms with Crippen molar-refractivity contribution < 1.29 is 28.6 Å². The van der Waals surface area contributed by atoms with E-state index in [2.05, 4.69) is 5.32 Å². The molecule has 38 heavy (non-hydrogen) atoms. The molecule has 3 aromatic carbocycles. The highest BCUT2D eigenvalue weighted by Crippen LogP contribution is 2.29. The van der Waals surface area contributed by atoms with E-state index in [9.17, 15) is 14.4 Å². The van der Waals surface area contributed by atoms with E-state index in [1.165, 1.54) is 4.90 Å². The van der Waals surface area contributed by atoms with Crippen molar-refractivity contribution in [3.8, 4) is 11.5 Å². The summed E-state index contributed by atoms with van der Waals surface area (Å²) in [5.41, 5.74) is 1.75. The number of benzene rings is 3. The van der Waals surface area contributed by atoms with Gasteiger partial charge in [0, 0.05) is 19.1 Å². The molecule has 0 saturated heterocycles. The molecule has 1 aliphatic rings. The van der Waals surface area contributed by atoms with Gasteiger partial charge in [-0.15, -0.1) is 0 Å². The number of nitrogens with one attached hydrogen (secondary N) is 1. The Bertz CT molecular complexity index is 1200. The first-order valence-corrected chi connectivity index (χ1v) is 12.8. The fourth-order valence-corrected chi connectivity index (χ4v) is 4.11. The van der Waals surface area contributed by atoms with Crippen LogP contribution in [0, 0.1) is 5.92 Å². The van der Waals surface area contributed by atoms with E-state index in [4.69, 9.17) is 14.2 Å². The minimum atomic E-state index is -0.696. The van der Waals surface area contributed by atoms with Gasteiger partial charge in [-0.1, -0.05) is 67.6 Å². The third-order valence-corrected chi connectivity index (χ3v) is 6.31. The van der Waals surface area contributed by atoms with E-state index < -0.39 is 30.1 Å². The molecule has 0 heterocycles. The van der Waals surface area contributed by atoms with E-state index in [0.717, 1.165) is 16.9 Å². The highest BCUT2D eigenvalue weighted by Gasteiger charge is 2.40. The van der Waals surface area contributed by atoms with Crippen LogP contribution in [0.4, 0.5) is 9.59 Å². The van der Waals surface area contributed by atoms with Crippen molar-refractivity contribution in [3.63, 3.8) is 0 Å². The van der Waals surface area contributed by atoms with E-state index in [0.29, 0.717) is 38.1 Å². The molecule has 1 aliphatic carbocycles. The fourth-order valence-electron chi connectivity index (χ4n) is 4.11. The van der Waals surface area contributed by atoms with Gasteiger partial charge in [0.25, 0.3) is 0 Å². The average molecular weight is 517 g/mol. The molecule has 2 atom stereocenters. The van der Waals surface area contributed by atoms with E-state index >= 15 is 0 Å². The molecule has 0 bridgehead atoms. The molecule has 8 heteroatoms. The van der Waals surface area contributed by atoms with Crippen molar-refractivity contribution in [3.05, 3.63) is 96.1 Å². The van der Waals surface area contributed by atoms with Crippen LogP contribution in [-0.2, 0) is 27.4 Å². The highest BCUT2D eigenvalue weighted by molar-refractivity contribution is 5.87. The number of esters is 1. The number of nitrogens with zero attached hydrogens (tertiary/aromatic N) is 1. The molecule has 1 fully saturated rings. The molecule has 1 saturated carbocycles. The number of hydrogen-bond acceptors (Lipinski definition) is 6. The topological polar surface area (TPSA) is 94.2 Å². The summed E-state index contributed by atoms with van der Waals surface area (Å²) >= 11 is 0. The monoisotopic (exact) mass is 516 g/mol. The first-order chi connectivity index (χ1) is 18.5. The molecule has 2 unspecified atom stereocenters. The Morgan fingerprint density at radius 1 is 0.842 bits per heavy atom. The summed E-state index contributed by atoms with van der Waals surface area (Å²) in [5.74, 6) is 0.206. The molecule has 0 aromatic heterocycles. The molecule has 3 aromatic rings. The molecule has 1 N–H and O–H groups in total. The Hall–Kier alpha value is -4.33. The Morgan fingerprint density at radius 3 is 2.13 bits per heavy atom. The van der Waals surface area contributed by atoms with Gasteiger partial charge in [-0.2, -0.15) is 0 Å². The van der Waals surface area contributed by atoms with Crippen LogP contribution in [0.3, 0.4) is 0 Å². The second-order valence-corrected chi connectivity index (χ2v) is 9.16. The minimum Gasteiger partial charge on any atom is -0.457 e. The molecule has 0 aliphatic heterocycles. The number of alkyl carbamates (subject to hydrolysis) is 1. The van der Waals surface area contributed by atoms with Crippen LogP contribution >= 0.6 is 0 Å². The lowest BCUT2D eigenvalue weighted by Gasteiger charge is -2.34. The van der Waals surface area contributed by atoms with Crippen molar-refractivity contribution in [2.24, 2.45) is 5.92 Å². The first-order valence-electron chi connectivity index (χ1n) is 12.8. The van der Waals surface area contributed by atoms with Crippen LogP contribution in [0.1, 0.15) is 37.3 Å². The predicted octanol–water partition coefficient (Wildman–Crippen LogP) is 6.06. The molecule has 198 valence electrons. The summed E-state index contributed by atoms with van der Waals surface area (Å²) < 4.78 is 16.3. The van der Waals surface area contributed by atoms with Gasteiger partial charge in [-0.05, 0) is 54.7 Å². The van der Waals surface area contributed by atoms with Crippen LogP contribution in [0.5, 0.6) is 11.5 Å². The highest BCUT2D eigenvalue weighted by atomic mass is 16.6. The zero-order valence-corrected chi connectivity index (χ0v) is 21.4. The zero-order chi connectivity index (χ0) is 26.7. The van der Waals surface area contributed by atoms with Gasteiger partial charge in [0.2, 0.25) is 0 Å². The fraction of sp³-hybridized carbons (Fsp3) is 0.300. The zero-order valence-electron chi connectivity index (χ0n) is 21.4. The Kier molecular flexibility index (Phi) is 9.34. The van der Waals surface area contributed by atoms with Crippen molar-refractivity contribution in [2.75, 3.05) is 6.54 Å². The molecule has 8 nitrogen and oxygen atoms in total. The first kappa shape index (κ1) is 26.7. The number of hydrogen-bond donors (Lipinski definition) is 1. The average Bonchev–Trinajstić information content (AvgIpc) is 2.92. The number of para-hydroxylation sites is 1. The number of amides is 2. The molecule has 2 amide bonds. The lowest BCUT2D eigenvalue weighted by molar-refractivity contribution is -0.147. The van der Waals surface area contributed by atoms with Crippen molar-refractivity contribution in [1.29, 1.82) is 0 Å². The Morgan fingerprint density at radius 2 is 1.50 bits per heavy atom. The van der Waals surface area contributed by atoms with Gasteiger partial charge in [-0.25, -0.2) is 9.59 Å². The molecule has 0 spiro atoms. The van der Waals surface area contributed by atoms with Crippen LogP contribution in [-0.4, -0.2) is 35.6 Å². The number of carbonyl (C=O) groups excluding carboxylic acids is 3. The third kappa shape index (κ3) is 7.59. The summed E-state index contributed by atoms with van der Waals surface area (Å²) in [4.78, 5) is 39.2. The van der Waals surface area contributed by atoms with Gasteiger partial charge in [-0.3, -0.25) is 4.79 Å². The summed E-state index contributed by atoms with van der Waals surface area (Å²) in [6, 6.07) is 25.8. The number of ether oxygens (including phenoxy) is 3. The largest absolute Gasteiger partial charge is 0.457 e. The van der Waals surface area contributed by atoms with E-state index in [1.807, 2.05) is 91.9 Å². The maximum absolute atomic E-state index is 12.8. The van der Waals surface area contributed by atoms with Gasteiger partial charge in [0.1, 0.15) is 18.1 Å². The molecular weight excluding hydrogens is 484 g/mol. The third-order valence-electron chi connectivity index (χ3n) is 6.31. The Balaban J connectivity index is 1.25. The smallest absolute Gasteiger partial charge is 0.417 e. The van der Waals surface area contributed by atoms with Crippen molar-refractivity contribution in [2.45, 2.75) is 45.4 Å². The van der Waals surface area contributed by atoms with Crippen LogP contribution in [0.15, 0.2) is 84.9 Å². The maximum atomic E-state index is 12.8. The maximum Gasteiger partial charge on any atom is 0.417 e. The van der Waals surface area contributed by atoms with E-state index in [-0.39, 0.29) is 6.61 Å². The van der Waals surface area contributed by atoms with Crippen molar-refractivity contribution in [1.82, 2.24) is 10.2 Å². The predicted molar refractivity (Wildman–Crippen MR) is 141 cm³/mol. The van der Waals surface area contributed by atoms with Gasteiger partial charge in [0.15, 0.2) is 0 Å². The van der Waals surface area contributed by atoms with Crippen LogP contribution in [0.25, 0.3) is 0 Å². The lowest BCUT2D eigenvalue weighted by atomic mass is 9.79. The summed E-state index contributed by atoms with van der Waals surface area (Å²) in [6.07, 6.45) is 0.560. The van der Waals surface area contributed by atoms with Gasteiger partial charge < -0.3 is 24.4 Å². The van der Waals surface area contributed by atoms with Gasteiger partial charge >= 0.3 is 18.2 Å². The number of carbonyl (C=O) groups is 3. The van der Waals surface area contributed by atoms with Crippen LogP contribution in [0.2, 0.25) is 0 Å². The lowest BCUT2D eigenvalue weighted by Crippen LogP contribution is -2.51. The molecular formula is C30H32N2O6. The Labute approximate surface area is 222 Å². The second kappa shape index (κ2) is 13.3. The summed E-state index contributed by atoms with van der Waals surface area (Å²) in [6.45, 7) is 2.82. The molecule has 4 rings (SSSR count). The minimum absolute atomic E-state index is 0.137. The quantitative estimate of drug-likeness (QED) is 0.260. The second-order valence-electron chi connectivity index (χ2n) is 9.16. The normalized spacial score (nSPS) is 16.0. The summed E-state index contributed by atoms with van der Waals surface area (Å²) in [5, 5.41) is 2.71. The summed E-state index contributed by atoms with van der Waals surface area (Å²) in [7, 11) is 0. The van der Waals surface area contributed by atoms with Gasteiger partial charge in [0.05, 0.1) is 5.92 Å². The van der Waals surface area contributed by atoms with E-state index in [1.54, 1.807) is 0 Å². The van der Waals surface area contributed by atoms with Crippen molar-refractivity contribution >= 4 is 18.2 Å². The molecule has 0 radical (unpaired) electrons. The standard InChI is InChI=1S/C30H32N2O6/c1-2-19-32(20-22-13-15-25(16-14-22)37-24-11-7-4-8-12-24)30(35)38-28(33)26-17-18-27(26)31-29(34)36-21-23-9-5-3-6-10-23/h3-16,26-27H,2,17-21H2,1H3,(H,31,34). The van der Waals surface area contributed by atoms with Crippen LogP contribution < -0.4 is 10.1 Å².